The van der Waals surface area contributed by atoms with E-state index >= 15 is 0 Å². The van der Waals surface area contributed by atoms with Gasteiger partial charge in [0.2, 0.25) is 0 Å². The molecule has 11 heteroatoms. The molecule has 0 radical (unpaired) electrons. The Bertz CT molecular complexity index is 1630. The van der Waals surface area contributed by atoms with Gasteiger partial charge in [-0.3, -0.25) is 9.36 Å². The smallest absolute Gasteiger partial charge is 0.338 e. The monoisotopic (exact) mass is 565 g/mol. The normalized spacial score (nSPS) is 12.8. The van der Waals surface area contributed by atoms with Crippen LogP contribution < -0.4 is 15.9 Å². The standard InChI is InChI=1S/C29H39N5O5Si/c1-20(2)18-39-24-11-13-30-28-26(24)34(29(37)33(28)19-38-16-17-40(4,5)6)25-10-9-22-23(36)12-14-32(27(22)31-25)21(3)8-7-15-35/h9-14,21,35H,1,7-8,15-19H2,2-6H3/t21-/m0/s1. The lowest BCUT2D eigenvalue weighted by molar-refractivity contribution is 0.0871. The minimum Gasteiger partial charge on any atom is -0.487 e. The Kier molecular flexibility index (Phi) is 9.07. The third-order valence-electron chi connectivity index (χ3n) is 6.70. The fourth-order valence-electron chi connectivity index (χ4n) is 4.46. The summed E-state index contributed by atoms with van der Waals surface area (Å²) in [6.07, 6.45) is 4.64. The van der Waals surface area contributed by atoms with Gasteiger partial charge in [0.1, 0.15) is 36.1 Å². The number of rotatable bonds is 13. The van der Waals surface area contributed by atoms with Crippen molar-refractivity contribution < 1.29 is 14.6 Å². The molecule has 0 saturated carbocycles. The van der Waals surface area contributed by atoms with E-state index in [9.17, 15) is 14.7 Å². The van der Waals surface area contributed by atoms with Crippen LogP contribution >= 0.6 is 0 Å². The van der Waals surface area contributed by atoms with E-state index in [1.54, 1.807) is 30.6 Å². The predicted molar refractivity (Wildman–Crippen MR) is 160 cm³/mol. The van der Waals surface area contributed by atoms with Gasteiger partial charge in [0.15, 0.2) is 11.1 Å². The topological polar surface area (TPSA) is 113 Å². The zero-order valence-electron chi connectivity index (χ0n) is 24.0. The highest BCUT2D eigenvalue weighted by atomic mass is 28.3. The van der Waals surface area contributed by atoms with Crippen molar-refractivity contribution in [2.45, 2.75) is 65.1 Å². The van der Waals surface area contributed by atoms with Crippen LogP contribution in [0.3, 0.4) is 0 Å². The number of hydrogen-bond donors (Lipinski definition) is 1. The second-order valence-corrected chi connectivity index (χ2v) is 17.1. The molecule has 0 unspecified atom stereocenters. The molecule has 4 heterocycles. The van der Waals surface area contributed by atoms with Crippen molar-refractivity contribution in [1.29, 1.82) is 0 Å². The highest BCUT2D eigenvalue weighted by Gasteiger charge is 2.22. The van der Waals surface area contributed by atoms with Crippen LogP contribution in [-0.2, 0) is 11.5 Å². The predicted octanol–water partition coefficient (Wildman–Crippen LogP) is 4.50. The van der Waals surface area contributed by atoms with Crippen LogP contribution in [0.1, 0.15) is 32.7 Å². The van der Waals surface area contributed by atoms with E-state index in [1.807, 2.05) is 18.4 Å². The molecule has 4 rings (SSSR count). The summed E-state index contributed by atoms with van der Waals surface area (Å²) in [6, 6.07) is 7.54. The molecule has 0 fully saturated rings. The third kappa shape index (κ3) is 6.43. The van der Waals surface area contributed by atoms with Gasteiger partial charge in [0.25, 0.3) is 0 Å². The Morgan fingerprint density at radius 2 is 1.93 bits per heavy atom. The van der Waals surface area contributed by atoms with Crippen LogP contribution in [0.2, 0.25) is 25.7 Å². The van der Waals surface area contributed by atoms with E-state index in [1.165, 1.54) is 15.2 Å². The Labute approximate surface area is 234 Å². The zero-order chi connectivity index (χ0) is 29.0. The number of fused-ring (bicyclic) bond motifs is 2. The van der Waals surface area contributed by atoms with Crippen molar-refractivity contribution >= 4 is 30.3 Å². The first-order valence-corrected chi connectivity index (χ1v) is 17.3. The van der Waals surface area contributed by atoms with Gasteiger partial charge in [0.05, 0.1) is 5.39 Å². The van der Waals surface area contributed by atoms with E-state index in [2.05, 4.69) is 31.2 Å². The number of pyridine rings is 3. The average molecular weight is 566 g/mol. The molecule has 0 bridgehead atoms. The first-order valence-electron chi connectivity index (χ1n) is 13.6. The quantitative estimate of drug-likeness (QED) is 0.144. The fourth-order valence-corrected chi connectivity index (χ4v) is 5.22. The second kappa shape index (κ2) is 12.3. The fraction of sp³-hybridized carbons (Fsp3) is 0.448. The maximum atomic E-state index is 13.9. The van der Waals surface area contributed by atoms with Crippen LogP contribution in [0.15, 0.2) is 58.4 Å². The maximum Gasteiger partial charge on any atom is 0.338 e. The lowest BCUT2D eigenvalue weighted by Crippen LogP contribution is -2.27. The molecule has 10 nitrogen and oxygen atoms in total. The molecule has 0 saturated heterocycles. The number of aliphatic hydroxyl groups is 1. The lowest BCUT2D eigenvalue weighted by atomic mass is 10.1. The Morgan fingerprint density at radius 3 is 2.62 bits per heavy atom. The van der Waals surface area contributed by atoms with E-state index in [-0.39, 0.29) is 37.1 Å². The molecule has 214 valence electrons. The van der Waals surface area contributed by atoms with Crippen molar-refractivity contribution in [2.24, 2.45) is 0 Å². The highest BCUT2D eigenvalue weighted by Crippen LogP contribution is 2.27. The average Bonchev–Trinajstić information content (AvgIpc) is 3.19. The Morgan fingerprint density at radius 1 is 1.15 bits per heavy atom. The molecule has 40 heavy (non-hydrogen) atoms. The van der Waals surface area contributed by atoms with Gasteiger partial charge in [0, 0.05) is 51.9 Å². The van der Waals surface area contributed by atoms with E-state index in [0.29, 0.717) is 53.2 Å². The lowest BCUT2D eigenvalue weighted by Gasteiger charge is -2.18. The first kappa shape index (κ1) is 29.4. The molecule has 4 aromatic heterocycles. The van der Waals surface area contributed by atoms with Gasteiger partial charge in [-0.25, -0.2) is 19.3 Å². The van der Waals surface area contributed by atoms with Crippen molar-refractivity contribution in [3.05, 3.63) is 69.5 Å². The largest absolute Gasteiger partial charge is 0.487 e. The van der Waals surface area contributed by atoms with E-state index in [4.69, 9.17) is 14.5 Å². The zero-order valence-corrected chi connectivity index (χ0v) is 25.0. The van der Waals surface area contributed by atoms with Gasteiger partial charge in [-0.2, -0.15) is 0 Å². The molecule has 0 aliphatic rings. The SMILES string of the molecule is C=C(C)COc1ccnc2c1n(-c1ccc3c(=O)ccn([C@@H](C)CCCO)c3n1)c(=O)n2COCC[Si](C)(C)C. The van der Waals surface area contributed by atoms with Crippen LogP contribution in [0, 0.1) is 0 Å². The van der Waals surface area contributed by atoms with Gasteiger partial charge < -0.3 is 19.1 Å². The number of nitrogens with zero attached hydrogens (tertiary/aromatic N) is 5. The number of ether oxygens (including phenoxy) is 2. The summed E-state index contributed by atoms with van der Waals surface area (Å²) in [5.41, 5.74) is 1.65. The van der Waals surface area contributed by atoms with Crippen molar-refractivity contribution in [2.75, 3.05) is 19.8 Å². The molecular weight excluding hydrogens is 526 g/mol. The number of hydrogen-bond acceptors (Lipinski definition) is 7. The minimum absolute atomic E-state index is 0.0213. The van der Waals surface area contributed by atoms with Gasteiger partial charge >= 0.3 is 5.69 Å². The van der Waals surface area contributed by atoms with Crippen molar-refractivity contribution in [1.82, 2.24) is 23.7 Å². The molecular formula is C29H39N5O5Si. The highest BCUT2D eigenvalue weighted by molar-refractivity contribution is 6.76. The van der Waals surface area contributed by atoms with Crippen LogP contribution in [0.25, 0.3) is 28.0 Å². The molecule has 0 aromatic carbocycles. The molecule has 4 aromatic rings. The van der Waals surface area contributed by atoms with Crippen LogP contribution in [0.4, 0.5) is 0 Å². The van der Waals surface area contributed by atoms with Gasteiger partial charge in [-0.05, 0) is 50.4 Å². The molecule has 0 aliphatic heterocycles. The van der Waals surface area contributed by atoms with Crippen LogP contribution in [0.5, 0.6) is 5.75 Å². The molecule has 1 N–H and O–H groups in total. The van der Waals surface area contributed by atoms with E-state index < -0.39 is 8.07 Å². The Hall–Kier alpha value is -3.54. The molecule has 1 atom stereocenters. The molecule has 0 spiro atoms. The number of aromatic nitrogens is 5. The van der Waals surface area contributed by atoms with E-state index in [0.717, 1.165) is 11.6 Å². The maximum absolute atomic E-state index is 13.9. The summed E-state index contributed by atoms with van der Waals surface area (Å²) in [5, 5.41) is 9.77. The molecule has 0 amide bonds. The second-order valence-electron chi connectivity index (χ2n) is 11.5. The van der Waals surface area contributed by atoms with Crippen molar-refractivity contribution in [3.63, 3.8) is 0 Å². The van der Waals surface area contributed by atoms with Gasteiger partial charge in [-0.1, -0.05) is 26.2 Å². The summed E-state index contributed by atoms with van der Waals surface area (Å²) >= 11 is 0. The van der Waals surface area contributed by atoms with Crippen LogP contribution in [-0.4, -0.2) is 56.7 Å². The summed E-state index contributed by atoms with van der Waals surface area (Å²) in [6.45, 7) is 15.6. The number of imidazole rings is 1. The summed E-state index contributed by atoms with van der Waals surface area (Å²) in [4.78, 5) is 36.0. The summed E-state index contributed by atoms with van der Waals surface area (Å²) in [7, 11) is -1.31. The summed E-state index contributed by atoms with van der Waals surface area (Å²) < 4.78 is 16.9. The van der Waals surface area contributed by atoms with Gasteiger partial charge in [-0.15, -0.1) is 0 Å². The molecule has 0 aliphatic carbocycles. The van der Waals surface area contributed by atoms with Crippen molar-refractivity contribution in [3.8, 4) is 11.6 Å². The number of aliphatic hydroxyl groups excluding tert-OH is 1. The minimum atomic E-state index is -1.31. The Balaban J connectivity index is 1.89. The third-order valence-corrected chi connectivity index (χ3v) is 8.41. The summed E-state index contributed by atoms with van der Waals surface area (Å²) in [5.74, 6) is 0.805. The first-order chi connectivity index (χ1) is 19.0.